The third-order valence-electron chi connectivity index (χ3n) is 10.2. The number of hydrogen-bond donors (Lipinski definition) is 0. The van der Waals surface area contributed by atoms with Crippen LogP contribution in [0.4, 0.5) is 0 Å². The Hall–Kier alpha value is 2.02. The summed E-state index contributed by atoms with van der Waals surface area (Å²) in [6.07, 6.45) is 58.0. The van der Waals surface area contributed by atoms with Crippen LogP contribution in [-0.2, 0) is 0 Å². The van der Waals surface area contributed by atoms with Crippen LogP contribution < -0.4 is 0 Å². The van der Waals surface area contributed by atoms with Crippen LogP contribution in [0.3, 0.4) is 0 Å². The molecule has 0 aliphatic rings. The summed E-state index contributed by atoms with van der Waals surface area (Å²) in [5.74, 6) is 0. The molecule has 0 bridgehead atoms. The van der Waals surface area contributed by atoms with Crippen molar-refractivity contribution >= 4 is 65.5 Å². The Morgan fingerprint density at radius 2 is 0.294 bits per heavy atom. The molecule has 0 aromatic rings. The molecule has 0 aliphatic carbocycles. The molecule has 0 saturated heterocycles. The van der Waals surface area contributed by atoms with E-state index in [1.165, 1.54) is 212 Å². The molecule has 0 spiro atoms. The lowest BCUT2D eigenvalue weighted by Gasteiger charge is -2.18. The standard InChI is InChI=1S/C24H51P.C21H45P.4ClH/c1-4-7-10-13-16-19-22-25(23-20-17-14-11-8-5-2)24-21-18-15-12-9-6-3;1-4-7-10-13-16-19-22(20-17-14-11-8-5-2)21-18-15-12-9-6-3;;;;/h4-24H2,1-3H3;4-21H2,1-3H3;4*1H. The van der Waals surface area contributed by atoms with Crippen LogP contribution in [0.1, 0.15) is 253 Å². The highest BCUT2D eigenvalue weighted by Crippen LogP contribution is 2.40. The van der Waals surface area contributed by atoms with E-state index in [1.807, 2.05) is 0 Å². The summed E-state index contributed by atoms with van der Waals surface area (Å²) in [4.78, 5) is 0. The molecular formula is C45H100Cl4P2. The third kappa shape index (κ3) is 58.9. The van der Waals surface area contributed by atoms with E-state index in [0.29, 0.717) is 15.8 Å². The molecule has 0 aromatic heterocycles. The molecule has 51 heavy (non-hydrogen) atoms. The minimum Gasteiger partial charge on any atom is -0.147 e. The van der Waals surface area contributed by atoms with Gasteiger partial charge in [-0.3, -0.25) is 0 Å². The van der Waals surface area contributed by atoms with E-state index in [-0.39, 0.29) is 49.6 Å². The maximum atomic E-state index is 2.32. The van der Waals surface area contributed by atoms with Crippen molar-refractivity contribution < 1.29 is 0 Å². The van der Waals surface area contributed by atoms with E-state index in [9.17, 15) is 0 Å². The van der Waals surface area contributed by atoms with Gasteiger partial charge in [0.05, 0.1) is 0 Å². The van der Waals surface area contributed by atoms with Crippen molar-refractivity contribution in [3.63, 3.8) is 0 Å². The highest BCUT2D eigenvalue weighted by atomic mass is 35.5. The number of halogens is 4. The maximum Gasteiger partial charge on any atom is -0.0326 e. The highest BCUT2D eigenvalue weighted by Gasteiger charge is 2.09. The van der Waals surface area contributed by atoms with Gasteiger partial charge in [-0.2, -0.15) is 0 Å². The van der Waals surface area contributed by atoms with E-state index in [2.05, 4.69) is 41.5 Å². The van der Waals surface area contributed by atoms with Gasteiger partial charge in [0.25, 0.3) is 0 Å². The van der Waals surface area contributed by atoms with Crippen molar-refractivity contribution in [3.8, 4) is 0 Å². The molecule has 6 heteroatoms. The molecule has 0 unspecified atom stereocenters. The van der Waals surface area contributed by atoms with Crippen LogP contribution in [0.2, 0.25) is 0 Å². The van der Waals surface area contributed by atoms with Crippen LogP contribution in [0, 0.1) is 0 Å². The maximum absolute atomic E-state index is 2.32. The average molecular weight is 845 g/mol. The second-order valence-corrected chi connectivity index (χ2v) is 20.6. The van der Waals surface area contributed by atoms with Gasteiger partial charge in [0.1, 0.15) is 0 Å². The second kappa shape index (κ2) is 61.2. The van der Waals surface area contributed by atoms with Gasteiger partial charge in [-0.15, -0.1) is 65.5 Å². The van der Waals surface area contributed by atoms with E-state index >= 15 is 0 Å². The first-order chi connectivity index (χ1) is 23.2. The lowest BCUT2D eigenvalue weighted by atomic mass is 10.1. The molecule has 0 nitrogen and oxygen atoms in total. The van der Waals surface area contributed by atoms with Crippen LogP contribution in [0.25, 0.3) is 0 Å². The molecule has 0 saturated carbocycles. The quantitative estimate of drug-likeness (QED) is 0.0427. The predicted octanol–water partition coefficient (Wildman–Crippen LogP) is 19.6. The first-order valence-corrected chi connectivity index (χ1v) is 26.4. The zero-order valence-corrected chi connectivity index (χ0v) is 41.2. The second-order valence-electron chi connectivity index (χ2n) is 15.2. The minimum atomic E-state index is 0. The predicted molar refractivity (Wildman–Crippen MR) is 258 cm³/mol. The Labute approximate surface area is 353 Å². The molecule has 0 N–H and O–H groups in total. The van der Waals surface area contributed by atoms with Crippen molar-refractivity contribution in [3.05, 3.63) is 0 Å². The van der Waals surface area contributed by atoms with Crippen molar-refractivity contribution in [1.29, 1.82) is 0 Å². The Morgan fingerprint density at radius 3 is 0.431 bits per heavy atom. The lowest BCUT2D eigenvalue weighted by Crippen LogP contribution is -1.97. The molecule has 0 radical (unpaired) electrons. The summed E-state index contributed by atoms with van der Waals surface area (Å²) >= 11 is 0. The smallest absolute Gasteiger partial charge is 0.0326 e. The van der Waals surface area contributed by atoms with Gasteiger partial charge in [-0.05, 0) is 75.5 Å². The number of unbranched alkanes of at least 4 members (excludes halogenated alkanes) is 27. The lowest BCUT2D eigenvalue weighted by molar-refractivity contribution is 0.617. The minimum absolute atomic E-state index is 0. The average Bonchev–Trinajstić information content (AvgIpc) is 3.08. The fourth-order valence-corrected chi connectivity index (χ4v) is 12.2. The van der Waals surface area contributed by atoms with Crippen LogP contribution in [0.5, 0.6) is 0 Å². The topological polar surface area (TPSA) is 0 Å². The fourth-order valence-electron chi connectivity index (χ4n) is 6.83. The molecule has 0 atom stereocenters. The van der Waals surface area contributed by atoms with E-state index in [1.54, 1.807) is 37.0 Å². The largest absolute Gasteiger partial charge is 0.147 e. The number of rotatable bonds is 39. The van der Waals surface area contributed by atoms with E-state index < -0.39 is 0 Å². The Bertz CT molecular complexity index is 455. The van der Waals surface area contributed by atoms with Crippen molar-refractivity contribution in [2.75, 3.05) is 37.0 Å². The first-order valence-electron chi connectivity index (χ1n) is 22.6. The van der Waals surface area contributed by atoms with Gasteiger partial charge < -0.3 is 0 Å². The summed E-state index contributed by atoms with van der Waals surface area (Å²) < 4.78 is 0. The van der Waals surface area contributed by atoms with Gasteiger partial charge in [-0.1, -0.05) is 215 Å². The molecular weight excluding hydrogens is 744 g/mol. The molecule has 0 aromatic carbocycles. The molecule has 0 amide bonds. The summed E-state index contributed by atoms with van der Waals surface area (Å²) in [5, 5.41) is 0. The van der Waals surface area contributed by atoms with Crippen LogP contribution >= 0.6 is 65.5 Å². The van der Waals surface area contributed by atoms with Crippen molar-refractivity contribution in [2.24, 2.45) is 0 Å². The van der Waals surface area contributed by atoms with Crippen molar-refractivity contribution in [2.45, 2.75) is 253 Å². The Kier molecular flexibility index (Phi) is 77.9. The Balaban J connectivity index is -0.000000185. The molecule has 318 valence electrons. The zero-order valence-electron chi connectivity index (χ0n) is 36.1. The molecule has 0 fully saturated rings. The normalized spacial score (nSPS) is 10.6. The molecule has 0 aliphatic heterocycles. The van der Waals surface area contributed by atoms with Gasteiger partial charge in [0.15, 0.2) is 0 Å². The van der Waals surface area contributed by atoms with Gasteiger partial charge in [0.2, 0.25) is 0 Å². The zero-order chi connectivity index (χ0) is 34.7. The summed E-state index contributed by atoms with van der Waals surface area (Å²) in [5.41, 5.74) is 0. The molecule has 0 heterocycles. The van der Waals surface area contributed by atoms with Gasteiger partial charge >= 0.3 is 0 Å². The van der Waals surface area contributed by atoms with Crippen LogP contribution in [0.15, 0.2) is 0 Å². The SMILES string of the molecule is CCCCCCCCP(CCCCCCCC)CCCCCCCC.CCCCCCCP(CCCCCCC)CCCCCCC.Cl.Cl.Cl.Cl. The van der Waals surface area contributed by atoms with E-state index in [0.717, 1.165) is 0 Å². The highest BCUT2D eigenvalue weighted by molar-refractivity contribution is 7.57. The number of hydrogen-bond acceptors (Lipinski definition) is 0. The van der Waals surface area contributed by atoms with E-state index in [4.69, 9.17) is 0 Å². The fraction of sp³-hybridized carbons (Fsp3) is 1.00. The van der Waals surface area contributed by atoms with Crippen molar-refractivity contribution in [1.82, 2.24) is 0 Å². The summed E-state index contributed by atoms with van der Waals surface area (Å²) in [7, 11) is 0.743. The summed E-state index contributed by atoms with van der Waals surface area (Å²) in [6, 6.07) is 0. The molecule has 0 rings (SSSR count). The van der Waals surface area contributed by atoms with Gasteiger partial charge in [-0.25, -0.2) is 0 Å². The first kappa shape index (κ1) is 64.9. The Morgan fingerprint density at radius 1 is 0.176 bits per heavy atom. The van der Waals surface area contributed by atoms with Gasteiger partial charge in [0, 0.05) is 0 Å². The monoisotopic (exact) mass is 843 g/mol. The summed E-state index contributed by atoms with van der Waals surface area (Å²) in [6.45, 7) is 13.9. The third-order valence-corrected chi connectivity index (χ3v) is 15.9. The van der Waals surface area contributed by atoms with Crippen LogP contribution in [-0.4, -0.2) is 37.0 Å².